The molecule has 0 aromatic heterocycles. The second-order valence-electron chi connectivity index (χ2n) is 3.58. The molecular weight excluding hydrogens is 256 g/mol. The SMILES string of the molecule is CN(C(=O)Cl)C(=O)[C@H](Cc1ccccc1)N=C=O. The zero-order valence-corrected chi connectivity index (χ0v) is 10.4. The second-order valence-corrected chi connectivity index (χ2v) is 3.90. The molecule has 0 aliphatic rings. The number of hydrogen-bond donors (Lipinski definition) is 0. The van der Waals surface area contributed by atoms with Crippen molar-refractivity contribution in [3.63, 3.8) is 0 Å². The van der Waals surface area contributed by atoms with Gasteiger partial charge in [-0.3, -0.25) is 14.5 Å². The Morgan fingerprint density at radius 3 is 2.50 bits per heavy atom. The fourth-order valence-electron chi connectivity index (χ4n) is 1.40. The molecule has 0 aliphatic heterocycles. The van der Waals surface area contributed by atoms with Gasteiger partial charge in [0, 0.05) is 13.5 Å². The molecule has 94 valence electrons. The number of halogens is 1. The Balaban J connectivity index is 2.87. The standard InChI is InChI=1S/C12H11ClN2O3/c1-15(12(13)18)11(17)10(14-8-16)7-9-5-3-2-4-6-9/h2-6,10H,7H2,1H3/t10-/m0/s1. The van der Waals surface area contributed by atoms with Crippen LogP contribution in [-0.4, -0.2) is 35.3 Å². The molecule has 0 unspecified atom stereocenters. The van der Waals surface area contributed by atoms with Gasteiger partial charge in [0.15, 0.2) is 0 Å². The van der Waals surface area contributed by atoms with Crippen LogP contribution in [0.3, 0.4) is 0 Å². The summed E-state index contributed by atoms with van der Waals surface area (Å²) in [4.78, 5) is 37.2. The van der Waals surface area contributed by atoms with Crippen LogP contribution in [0, 0.1) is 0 Å². The lowest BCUT2D eigenvalue weighted by Gasteiger charge is -2.16. The van der Waals surface area contributed by atoms with Gasteiger partial charge < -0.3 is 0 Å². The maximum absolute atomic E-state index is 11.8. The van der Waals surface area contributed by atoms with Crippen LogP contribution in [0.25, 0.3) is 0 Å². The minimum absolute atomic E-state index is 0.212. The first kappa shape index (κ1) is 14.1. The highest BCUT2D eigenvalue weighted by molar-refractivity contribution is 6.64. The van der Waals surface area contributed by atoms with Gasteiger partial charge in [-0.15, -0.1) is 0 Å². The Morgan fingerprint density at radius 2 is 2.00 bits per heavy atom. The normalized spacial score (nSPS) is 11.2. The van der Waals surface area contributed by atoms with E-state index in [1.54, 1.807) is 24.3 Å². The third-order valence-corrected chi connectivity index (χ3v) is 2.61. The molecule has 2 amide bonds. The average Bonchev–Trinajstić information content (AvgIpc) is 2.37. The fraction of sp³-hybridized carbons (Fsp3) is 0.250. The molecule has 0 radical (unpaired) electrons. The maximum Gasteiger partial charge on any atom is 0.322 e. The summed E-state index contributed by atoms with van der Waals surface area (Å²) in [5.41, 5.74) is 0.824. The number of isocyanates is 1. The summed E-state index contributed by atoms with van der Waals surface area (Å²) in [7, 11) is 1.23. The lowest BCUT2D eigenvalue weighted by Crippen LogP contribution is -2.38. The number of carbonyl (C=O) groups is 2. The Labute approximate surface area is 109 Å². The molecule has 0 aliphatic carbocycles. The largest absolute Gasteiger partial charge is 0.322 e. The van der Waals surface area contributed by atoms with Gasteiger partial charge in [0.2, 0.25) is 6.08 Å². The van der Waals surface area contributed by atoms with Crippen molar-refractivity contribution in [2.45, 2.75) is 12.5 Å². The van der Waals surface area contributed by atoms with Gasteiger partial charge in [-0.1, -0.05) is 30.3 Å². The molecule has 1 rings (SSSR count). The molecule has 1 aromatic carbocycles. The van der Waals surface area contributed by atoms with E-state index in [2.05, 4.69) is 4.99 Å². The number of hydrogen-bond acceptors (Lipinski definition) is 4. The molecule has 18 heavy (non-hydrogen) atoms. The predicted molar refractivity (Wildman–Crippen MR) is 66.1 cm³/mol. The first-order chi connectivity index (χ1) is 8.56. The molecule has 0 spiro atoms. The molecule has 0 fully saturated rings. The summed E-state index contributed by atoms with van der Waals surface area (Å²) in [5, 5.41) is -0.917. The van der Waals surface area contributed by atoms with E-state index in [0.29, 0.717) is 0 Å². The van der Waals surface area contributed by atoms with Crippen molar-refractivity contribution >= 4 is 29.0 Å². The third-order valence-electron chi connectivity index (χ3n) is 2.36. The zero-order valence-electron chi connectivity index (χ0n) is 9.67. The quantitative estimate of drug-likeness (QED) is 0.361. The number of aliphatic imine (C=N–C) groups is 1. The molecule has 5 nitrogen and oxygen atoms in total. The predicted octanol–water partition coefficient (Wildman–Crippen LogP) is 1.75. The van der Waals surface area contributed by atoms with Gasteiger partial charge in [0.05, 0.1) is 0 Å². The van der Waals surface area contributed by atoms with Crippen molar-refractivity contribution < 1.29 is 14.4 Å². The number of carbonyl (C=O) groups excluding carboxylic acids is 3. The van der Waals surface area contributed by atoms with E-state index in [0.717, 1.165) is 10.5 Å². The summed E-state index contributed by atoms with van der Waals surface area (Å²) < 4.78 is 0. The number of benzene rings is 1. The Bertz CT molecular complexity index is 483. The average molecular weight is 267 g/mol. The molecule has 0 saturated heterocycles. The van der Waals surface area contributed by atoms with Crippen LogP contribution in [0.5, 0.6) is 0 Å². The highest BCUT2D eigenvalue weighted by Gasteiger charge is 2.25. The van der Waals surface area contributed by atoms with Crippen molar-refractivity contribution in [2.24, 2.45) is 4.99 Å². The number of likely N-dealkylation sites (N-methyl/N-ethyl adjacent to an activating group) is 1. The van der Waals surface area contributed by atoms with Gasteiger partial charge in [0.25, 0.3) is 5.91 Å². The molecule has 0 N–H and O–H groups in total. The van der Waals surface area contributed by atoms with Crippen molar-refractivity contribution in [3.8, 4) is 0 Å². The Hall–Kier alpha value is -1.97. The first-order valence-corrected chi connectivity index (χ1v) is 5.52. The highest BCUT2D eigenvalue weighted by Crippen LogP contribution is 2.09. The van der Waals surface area contributed by atoms with Crippen LogP contribution in [0.4, 0.5) is 4.79 Å². The van der Waals surface area contributed by atoms with Gasteiger partial charge >= 0.3 is 5.37 Å². The third kappa shape index (κ3) is 3.80. The molecule has 1 atom stereocenters. The van der Waals surface area contributed by atoms with Crippen LogP contribution in [0.1, 0.15) is 5.56 Å². The highest BCUT2D eigenvalue weighted by atomic mass is 35.5. The van der Waals surface area contributed by atoms with Crippen LogP contribution >= 0.6 is 11.6 Å². The van der Waals surface area contributed by atoms with E-state index in [-0.39, 0.29) is 6.42 Å². The lowest BCUT2D eigenvalue weighted by molar-refractivity contribution is -0.128. The van der Waals surface area contributed by atoms with Gasteiger partial charge in [-0.2, -0.15) is 4.99 Å². The lowest BCUT2D eigenvalue weighted by atomic mass is 10.1. The van der Waals surface area contributed by atoms with E-state index >= 15 is 0 Å². The summed E-state index contributed by atoms with van der Waals surface area (Å²) in [5.74, 6) is -0.637. The molecule has 0 saturated carbocycles. The van der Waals surface area contributed by atoms with Gasteiger partial charge in [0.1, 0.15) is 6.04 Å². The van der Waals surface area contributed by atoms with Crippen LogP contribution in [0.2, 0.25) is 0 Å². The zero-order chi connectivity index (χ0) is 13.5. The summed E-state index contributed by atoms with van der Waals surface area (Å²) >= 11 is 5.20. The van der Waals surface area contributed by atoms with Crippen LogP contribution in [0.15, 0.2) is 35.3 Å². The van der Waals surface area contributed by atoms with E-state index in [9.17, 15) is 14.4 Å². The minimum atomic E-state index is -0.988. The summed E-state index contributed by atoms with van der Waals surface area (Å²) in [6.07, 6.45) is 1.55. The summed E-state index contributed by atoms with van der Waals surface area (Å²) in [6, 6.07) is 8.04. The van der Waals surface area contributed by atoms with Crippen molar-refractivity contribution in [3.05, 3.63) is 35.9 Å². The topological polar surface area (TPSA) is 66.8 Å². The number of rotatable bonds is 4. The van der Waals surface area contributed by atoms with E-state index in [1.165, 1.54) is 13.1 Å². The van der Waals surface area contributed by atoms with Crippen LogP contribution in [-0.2, 0) is 16.0 Å². The van der Waals surface area contributed by atoms with Crippen molar-refractivity contribution in [2.75, 3.05) is 7.05 Å². The monoisotopic (exact) mass is 266 g/mol. The van der Waals surface area contributed by atoms with E-state index < -0.39 is 17.3 Å². The number of imide groups is 1. The van der Waals surface area contributed by atoms with Gasteiger partial charge in [-0.25, -0.2) is 4.79 Å². The number of nitrogens with zero attached hydrogens (tertiary/aromatic N) is 2. The Morgan fingerprint density at radius 1 is 1.39 bits per heavy atom. The van der Waals surface area contributed by atoms with Crippen molar-refractivity contribution in [1.82, 2.24) is 4.90 Å². The fourth-order valence-corrected chi connectivity index (χ4v) is 1.48. The van der Waals surface area contributed by atoms with E-state index in [4.69, 9.17) is 11.6 Å². The summed E-state index contributed by atoms with van der Waals surface area (Å²) in [6.45, 7) is 0. The Kier molecular flexibility index (Phi) is 5.24. The first-order valence-electron chi connectivity index (χ1n) is 5.14. The molecule has 0 heterocycles. The van der Waals surface area contributed by atoms with Gasteiger partial charge in [-0.05, 0) is 17.2 Å². The molecular formula is C12H11ClN2O3. The van der Waals surface area contributed by atoms with Crippen LogP contribution < -0.4 is 0 Å². The molecule has 0 bridgehead atoms. The van der Waals surface area contributed by atoms with E-state index in [1.807, 2.05) is 6.07 Å². The molecule has 6 heteroatoms. The smallest absolute Gasteiger partial charge is 0.272 e. The maximum atomic E-state index is 11.8. The second kappa shape index (κ2) is 6.69. The molecule has 1 aromatic rings. The minimum Gasteiger partial charge on any atom is -0.272 e. The number of amides is 2. The van der Waals surface area contributed by atoms with Crippen molar-refractivity contribution in [1.29, 1.82) is 0 Å².